The molecule has 0 N–H and O–H groups in total. The van der Waals surface area contributed by atoms with E-state index in [-0.39, 0.29) is 13.3 Å². The number of carbonyl (C=O) groups is 4. The molecule has 33 heavy (non-hydrogen) atoms. The fourth-order valence-corrected chi connectivity index (χ4v) is 4.57. The van der Waals surface area contributed by atoms with Crippen LogP contribution >= 0.6 is 0 Å². The number of carbonyl (C=O) groups excluding carboxylic acids is 4. The highest BCUT2D eigenvalue weighted by Gasteiger charge is 2.40. The first kappa shape index (κ1) is 20.6. The van der Waals surface area contributed by atoms with Crippen molar-refractivity contribution in [3.8, 4) is 0 Å². The van der Waals surface area contributed by atoms with Crippen LogP contribution in [0.3, 0.4) is 0 Å². The van der Waals surface area contributed by atoms with Gasteiger partial charge in [-0.2, -0.15) is 0 Å². The maximum Gasteiger partial charge on any atom is 0.263 e. The number of aryl methyl sites for hydroxylation is 2. The van der Waals surface area contributed by atoms with Crippen molar-refractivity contribution in [2.24, 2.45) is 0 Å². The van der Waals surface area contributed by atoms with Crippen LogP contribution in [-0.4, -0.2) is 46.8 Å². The number of hydrogen-bond acceptors (Lipinski definition) is 5. The highest BCUT2D eigenvalue weighted by molar-refractivity contribution is 6.22. The Morgan fingerprint density at radius 1 is 0.545 bits per heavy atom. The van der Waals surface area contributed by atoms with E-state index in [2.05, 4.69) is 0 Å². The fourth-order valence-electron chi connectivity index (χ4n) is 4.57. The van der Waals surface area contributed by atoms with Crippen molar-refractivity contribution < 1.29 is 19.2 Å². The summed E-state index contributed by atoms with van der Waals surface area (Å²) >= 11 is 0. The largest absolute Gasteiger partial charge is 0.334 e. The molecule has 7 nitrogen and oxygen atoms in total. The molecule has 7 heteroatoms. The second-order valence-corrected chi connectivity index (χ2v) is 8.23. The summed E-state index contributed by atoms with van der Waals surface area (Å²) in [6, 6.07) is 19.1. The number of imide groups is 2. The lowest BCUT2D eigenvalue weighted by molar-refractivity contribution is 0.0628. The molecule has 2 aliphatic rings. The van der Waals surface area contributed by atoms with Crippen LogP contribution in [0, 0.1) is 13.8 Å². The number of amides is 4. The molecule has 0 fully saturated rings. The average Bonchev–Trinajstić information content (AvgIpc) is 3.20. The zero-order chi connectivity index (χ0) is 23.3. The molecule has 4 amide bonds. The van der Waals surface area contributed by atoms with Crippen molar-refractivity contribution >= 4 is 29.3 Å². The van der Waals surface area contributed by atoms with Crippen LogP contribution in [0.25, 0.3) is 0 Å². The summed E-state index contributed by atoms with van der Waals surface area (Å²) in [6.45, 7) is 3.65. The Hall–Kier alpha value is -4.26. The number of rotatable bonds is 5. The van der Waals surface area contributed by atoms with Gasteiger partial charge in [-0.1, -0.05) is 42.5 Å². The van der Waals surface area contributed by atoms with Crippen LogP contribution in [0.15, 0.2) is 66.7 Å². The number of nitrogens with zero attached hydrogens (tertiary/aromatic N) is 3. The van der Waals surface area contributed by atoms with Crippen molar-refractivity contribution in [3.63, 3.8) is 0 Å². The van der Waals surface area contributed by atoms with Crippen molar-refractivity contribution in [1.29, 1.82) is 0 Å². The highest BCUT2D eigenvalue weighted by atomic mass is 16.2. The van der Waals surface area contributed by atoms with Crippen LogP contribution in [-0.2, 0) is 0 Å². The zero-order valence-corrected chi connectivity index (χ0v) is 18.2. The Labute approximate surface area is 190 Å². The van der Waals surface area contributed by atoms with Crippen molar-refractivity contribution in [2.45, 2.75) is 13.8 Å². The van der Waals surface area contributed by atoms with Gasteiger partial charge in [0.05, 0.1) is 22.3 Å². The monoisotopic (exact) mass is 439 g/mol. The Morgan fingerprint density at radius 2 is 0.879 bits per heavy atom. The van der Waals surface area contributed by atoms with E-state index in [0.717, 1.165) is 26.6 Å². The fraction of sp³-hybridized carbons (Fsp3) is 0.154. The van der Waals surface area contributed by atoms with Crippen LogP contribution in [0.5, 0.6) is 0 Å². The number of para-hydroxylation sites is 1. The molecule has 5 rings (SSSR count). The minimum atomic E-state index is -0.394. The summed E-state index contributed by atoms with van der Waals surface area (Å²) in [5.74, 6) is -1.58. The molecule has 3 aromatic rings. The average molecular weight is 439 g/mol. The van der Waals surface area contributed by atoms with Crippen LogP contribution < -0.4 is 4.90 Å². The van der Waals surface area contributed by atoms with Crippen molar-refractivity contribution in [2.75, 3.05) is 18.2 Å². The lowest BCUT2D eigenvalue weighted by atomic mass is 10.1. The van der Waals surface area contributed by atoms with Gasteiger partial charge in [-0.3, -0.25) is 29.0 Å². The normalized spacial score (nSPS) is 14.7. The van der Waals surface area contributed by atoms with Crippen LogP contribution in [0.2, 0.25) is 0 Å². The Balaban J connectivity index is 1.52. The molecule has 164 valence electrons. The second-order valence-electron chi connectivity index (χ2n) is 8.23. The molecule has 0 unspecified atom stereocenters. The van der Waals surface area contributed by atoms with E-state index in [1.807, 2.05) is 32.0 Å². The van der Waals surface area contributed by atoms with Crippen molar-refractivity contribution in [1.82, 2.24) is 9.80 Å². The third kappa shape index (κ3) is 3.20. The minimum Gasteiger partial charge on any atom is -0.334 e. The van der Waals surface area contributed by atoms with Gasteiger partial charge in [0.1, 0.15) is 13.3 Å². The first-order chi connectivity index (χ1) is 15.9. The molecular weight excluding hydrogens is 418 g/mol. The van der Waals surface area contributed by atoms with E-state index < -0.39 is 23.6 Å². The summed E-state index contributed by atoms with van der Waals surface area (Å²) < 4.78 is 0. The minimum absolute atomic E-state index is 0.0918. The van der Waals surface area contributed by atoms with Crippen LogP contribution in [0.1, 0.15) is 52.6 Å². The number of hydrogen-bond donors (Lipinski definition) is 0. The predicted molar refractivity (Wildman–Crippen MR) is 122 cm³/mol. The molecule has 0 saturated carbocycles. The standard InChI is InChI=1S/C26H21N3O4/c1-16-8-7-9-17(2)22(16)27(14-28-23(30)18-10-3-4-11-19(18)24(28)31)15-29-25(32)20-12-5-6-13-21(20)26(29)33/h3-13H,14-15H2,1-2H3. The molecule has 0 radical (unpaired) electrons. The molecule has 0 aliphatic carbocycles. The quantitative estimate of drug-likeness (QED) is 0.568. The van der Waals surface area contributed by atoms with Gasteiger partial charge in [-0.25, -0.2) is 0 Å². The van der Waals surface area contributed by atoms with E-state index in [9.17, 15) is 19.2 Å². The number of fused-ring (bicyclic) bond motifs is 2. The first-order valence-corrected chi connectivity index (χ1v) is 10.6. The third-order valence-corrected chi connectivity index (χ3v) is 6.14. The predicted octanol–water partition coefficient (Wildman–Crippen LogP) is 3.62. The van der Waals surface area contributed by atoms with Gasteiger partial charge in [-0.05, 0) is 49.2 Å². The SMILES string of the molecule is Cc1cccc(C)c1N(CN1C(=O)c2ccccc2C1=O)CN1C(=O)c2ccccc2C1=O. The Morgan fingerprint density at radius 3 is 1.21 bits per heavy atom. The van der Waals surface area contributed by atoms with Gasteiger partial charge in [0.25, 0.3) is 23.6 Å². The summed E-state index contributed by atoms with van der Waals surface area (Å²) in [5.41, 5.74) is 3.99. The van der Waals surface area contributed by atoms with Gasteiger partial charge in [0.2, 0.25) is 0 Å². The zero-order valence-electron chi connectivity index (χ0n) is 18.2. The Bertz CT molecular complexity index is 1180. The topological polar surface area (TPSA) is 78.0 Å². The van der Waals surface area contributed by atoms with E-state index in [1.54, 1.807) is 53.4 Å². The van der Waals surface area contributed by atoms with Gasteiger partial charge in [0, 0.05) is 5.69 Å². The molecule has 0 bridgehead atoms. The lowest BCUT2D eigenvalue weighted by Crippen LogP contribution is -2.48. The summed E-state index contributed by atoms with van der Waals surface area (Å²) in [7, 11) is 0. The van der Waals surface area contributed by atoms with Crippen LogP contribution in [0.4, 0.5) is 5.69 Å². The van der Waals surface area contributed by atoms with E-state index in [0.29, 0.717) is 22.3 Å². The van der Waals surface area contributed by atoms with Gasteiger partial charge in [0.15, 0.2) is 0 Å². The molecular formula is C26H21N3O4. The number of benzene rings is 3. The first-order valence-electron chi connectivity index (χ1n) is 10.6. The van der Waals surface area contributed by atoms with E-state index in [4.69, 9.17) is 0 Å². The Kier molecular flexibility index (Phi) is 4.82. The van der Waals surface area contributed by atoms with E-state index >= 15 is 0 Å². The highest BCUT2D eigenvalue weighted by Crippen LogP contribution is 2.30. The van der Waals surface area contributed by atoms with Crippen molar-refractivity contribution in [3.05, 3.63) is 100 Å². The van der Waals surface area contributed by atoms with Gasteiger partial charge >= 0.3 is 0 Å². The molecule has 2 heterocycles. The molecule has 0 saturated heterocycles. The summed E-state index contributed by atoms with van der Waals surface area (Å²) in [6.07, 6.45) is 0. The third-order valence-electron chi connectivity index (χ3n) is 6.14. The molecule has 0 spiro atoms. The smallest absolute Gasteiger partial charge is 0.263 e. The van der Waals surface area contributed by atoms with E-state index in [1.165, 1.54) is 0 Å². The molecule has 0 atom stereocenters. The maximum atomic E-state index is 13.0. The lowest BCUT2D eigenvalue weighted by Gasteiger charge is -2.33. The second kappa shape index (κ2) is 7.70. The van der Waals surface area contributed by atoms with Gasteiger partial charge < -0.3 is 4.90 Å². The molecule has 2 aliphatic heterocycles. The number of anilines is 1. The summed E-state index contributed by atoms with van der Waals surface area (Å²) in [4.78, 5) is 56.1. The summed E-state index contributed by atoms with van der Waals surface area (Å²) in [5, 5.41) is 0. The maximum absolute atomic E-state index is 13.0. The molecule has 3 aromatic carbocycles. The molecule has 0 aromatic heterocycles. The van der Waals surface area contributed by atoms with Gasteiger partial charge in [-0.15, -0.1) is 0 Å².